The minimum Gasteiger partial charge on any atom is -0.480 e. The van der Waals surface area contributed by atoms with Gasteiger partial charge in [0.25, 0.3) is 0 Å². The summed E-state index contributed by atoms with van der Waals surface area (Å²) in [5.74, 6) is -1.03. The van der Waals surface area contributed by atoms with E-state index in [4.69, 9.17) is 9.47 Å². The highest BCUT2D eigenvalue weighted by molar-refractivity contribution is 5.83. The number of aliphatic hydroxyl groups is 1. The third kappa shape index (κ3) is 3.45. The molecular formula is C13H22N2O6. The van der Waals surface area contributed by atoms with Gasteiger partial charge >= 0.3 is 12.0 Å². The van der Waals surface area contributed by atoms with E-state index in [1.165, 1.54) is 12.0 Å². The summed E-state index contributed by atoms with van der Waals surface area (Å²) in [7, 11) is 1.51. The van der Waals surface area contributed by atoms with Gasteiger partial charge in [-0.05, 0) is 6.92 Å². The molecule has 2 saturated heterocycles. The number of methoxy groups -OCH3 is 1. The molecule has 21 heavy (non-hydrogen) atoms. The summed E-state index contributed by atoms with van der Waals surface area (Å²) in [6.45, 7) is 2.56. The second-order valence-electron chi connectivity index (χ2n) is 5.54. The Morgan fingerprint density at radius 2 is 2.05 bits per heavy atom. The smallest absolute Gasteiger partial charge is 0.326 e. The summed E-state index contributed by atoms with van der Waals surface area (Å²) in [5, 5.41) is 18.5. The van der Waals surface area contributed by atoms with E-state index < -0.39 is 18.1 Å². The number of hydrogen-bond donors (Lipinski definition) is 2. The molecular weight excluding hydrogens is 280 g/mol. The van der Waals surface area contributed by atoms with Crippen LogP contribution in [0.1, 0.15) is 13.3 Å². The van der Waals surface area contributed by atoms with Crippen LogP contribution in [0.2, 0.25) is 0 Å². The molecule has 2 fully saturated rings. The molecule has 0 aromatic carbocycles. The lowest BCUT2D eigenvalue weighted by Crippen LogP contribution is -2.56. The predicted molar refractivity (Wildman–Crippen MR) is 71.9 cm³/mol. The van der Waals surface area contributed by atoms with Crippen molar-refractivity contribution in [2.24, 2.45) is 0 Å². The highest BCUT2D eigenvalue weighted by Crippen LogP contribution is 2.23. The van der Waals surface area contributed by atoms with Crippen molar-refractivity contribution in [2.45, 2.75) is 37.7 Å². The van der Waals surface area contributed by atoms with Gasteiger partial charge in [0.2, 0.25) is 0 Å². The van der Waals surface area contributed by atoms with Crippen LogP contribution in [-0.4, -0.2) is 89.7 Å². The number of urea groups is 1. The molecule has 2 N–H and O–H groups in total. The number of aliphatic hydroxyl groups excluding tert-OH is 1. The van der Waals surface area contributed by atoms with E-state index in [0.29, 0.717) is 13.0 Å². The highest BCUT2D eigenvalue weighted by atomic mass is 16.5. The minimum absolute atomic E-state index is 0.169. The summed E-state index contributed by atoms with van der Waals surface area (Å²) in [5.41, 5.74) is 0. The zero-order valence-corrected chi connectivity index (χ0v) is 12.3. The maximum absolute atomic E-state index is 12.6. The Balaban J connectivity index is 2.08. The predicted octanol–water partition coefficient (Wildman–Crippen LogP) is -0.638. The first-order chi connectivity index (χ1) is 9.96. The van der Waals surface area contributed by atoms with Crippen LogP contribution < -0.4 is 0 Å². The zero-order valence-electron chi connectivity index (χ0n) is 12.3. The van der Waals surface area contributed by atoms with E-state index in [1.54, 1.807) is 4.90 Å². The van der Waals surface area contributed by atoms with Crippen LogP contribution in [0.4, 0.5) is 4.79 Å². The Labute approximate surface area is 123 Å². The molecule has 0 saturated carbocycles. The number of likely N-dealkylation sites (tertiary alicyclic amines) is 1. The van der Waals surface area contributed by atoms with E-state index in [2.05, 4.69) is 0 Å². The molecule has 0 aromatic rings. The van der Waals surface area contributed by atoms with Crippen molar-refractivity contribution >= 4 is 12.0 Å². The Hall–Kier alpha value is -1.38. The quantitative estimate of drug-likeness (QED) is 0.719. The van der Waals surface area contributed by atoms with Gasteiger partial charge in [0.15, 0.2) is 0 Å². The number of hydrogen-bond acceptors (Lipinski definition) is 5. The Morgan fingerprint density at radius 1 is 1.33 bits per heavy atom. The van der Waals surface area contributed by atoms with E-state index in [0.717, 1.165) is 0 Å². The largest absolute Gasteiger partial charge is 0.480 e. The average Bonchev–Trinajstić information content (AvgIpc) is 2.90. The maximum Gasteiger partial charge on any atom is 0.326 e. The molecule has 2 amide bonds. The number of carboxylic acid groups (broad SMARTS) is 1. The van der Waals surface area contributed by atoms with Crippen molar-refractivity contribution < 1.29 is 29.3 Å². The van der Waals surface area contributed by atoms with Crippen LogP contribution in [0, 0.1) is 0 Å². The van der Waals surface area contributed by atoms with Crippen LogP contribution >= 0.6 is 0 Å². The SMILES string of the molecule is COC1CC(C(=O)O)N(C(=O)N2CC(C)OC(CO)C2)C1. The molecule has 4 atom stereocenters. The maximum atomic E-state index is 12.6. The molecule has 4 unspecified atom stereocenters. The monoisotopic (exact) mass is 302 g/mol. The molecule has 2 aliphatic rings. The van der Waals surface area contributed by atoms with Crippen molar-refractivity contribution in [1.29, 1.82) is 0 Å². The van der Waals surface area contributed by atoms with Crippen molar-refractivity contribution in [3.63, 3.8) is 0 Å². The van der Waals surface area contributed by atoms with Crippen LogP contribution in [0.25, 0.3) is 0 Å². The number of aliphatic carboxylic acids is 1. The Kier molecular flexibility index (Phi) is 5.02. The van der Waals surface area contributed by atoms with Gasteiger partial charge in [0, 0.05) is 26.6 Å². The van der Waals surface area contributed by atoms with Crippen molar-refractivity contribution in [2.75, 3.05) is 33.4 Å². The van der Waals surface area contributed by atoms with Gasteiger partial charge in [-0.15, -0.1) is 0 Å². The summed E-state index contributed by atoms with van der Waals surface area (Å²) in [6, 6.07) is -1.20. The van der Waals surface area contributed by atoms with Crippen molar-refractivity contribution in [3.8, 4) is 0 Å². The Morgan fingerprint density at radius 3 is 2.62 bits per heavy atom. The number of ether oxygens (including phenoxy) is 2. The van der Waals surface area contributed by atoms with Crippen LogP contribution in [0.3, 0.4) is 0 Å². The molecule has 8 heteroatoms. The van der Waals surface area contributed by atoms with E-state index >= 15 is 0 Å². The van der Waals surface area contributed by atoms with Crippen LogP contribution in [0.5, 0.6) is 0 Å². The van der Waals surface area contributed by atoms with Gasteiger partial charge in [-0.2, -0.15) is 0 Å². The number of amides is 2. The highest BCUT2D eigenvalue weighted by Gasteiger charge is 2.42. The summed E-state index contributed by atoms with van der Waals surface area (Å²) >= 11 is 0. The summed E-state index contributed by atoms with van der Waals surface area (Å²) in [6.07, 6.45) is -0.589. The zero-order chi connectivity index (χ0) is 15.6. The normalized spacial score (nSPS) is 33.3. The molecule has 8 nitrogen and oxygen atoms in total. The van der Waals surface area contributed by atoms with Gasteiger partial charge in [-0.25, -0.2) is 9.59 Å². The first kappa shape index (κ1) is 16.0. The second kappa shape index (κ2) is 6.59. The number of carboxylic acids is 1. The van der Waals surface area contributed by atoms with E-state index in [9.17, 15) is 19.8 Å². The van der Waals surface area contributed by atoms with Crippen molar-refractivity contribution in [3.05, 3.63) is 0 Å². The van der Waals surface area contributed by atoms with Gasteiger partial charge in [0.05, 0.1) is 31.5 Å². The minimum atomic E-state index is -1.03. The fourth-order valence-electron chi connectivity index (χ4n) is 2.90. The third-order valence-corrected chi connectivity index (χ3v) is 3.93. The van der Waals surface area contributed by atoms with Crippen LogP contribution in [-0.2, 0) is 14.3 Å². The molecule has 120 valence electrons. The molecule has 2 heterocycles. The molecule has 2 rings (SSSR count). The number of carbonyl (C=O) groups is 2. The van der Waals surface area contributed by atoms with Gasteiger partial charge in [-0.1, -0.05) is 0 Å². The van der Waals surface area contributed by atoms with Gasteiger partial charge in [-0.3, -0.25) is 0 Å². The van der Waals surface area contributed by atoms with E-state index in [-0.39, 0.29) is 37.9 Å². The summed E-state index contributed by atoms with van der Waals surface area (Å²) in [4.78, 5) is 26.8. The first-order valence-corrected chi connectivity index (χ1v) is 7.03. The Bertz CT molecular complexity index is 404. The lowest BCUT2D eigenvalue weighted by atomic mass is 10.2. The number of morpholine rings is 1. The van der Waals surface area contributed by atoms with Crippen molar-refractivity contribution in [1.82, 2.24) is 9.80 Å². The topological polar surface area (TPSA) is 99.5 Å². The van der Waals surface area contributed by atoms with Crippen LogP contribution in [0.15, 0.2) is 0 Å². The second-order valence-corrected chi connectivity index (χ2v) is 5.54. The molecule has 0 bridgehead atoms. The lowest BCUT2D eigenvalue weighted by molar-refractivity contribution is -0.141. The van der Waals surface area contributed by atoms with Gasteiger partial charge in [0.1, 0.15) is 6.04 Å². The fraction of sp³-hybridized carbons (Fsp3) is 0.846. The molecule has 2 aliphatic heterocycles. The fourth-order valence-corrected chi connectivity index (χ4v) is 2.90. The van der Waals surface area contributed by atoms with E-state index in [1.807, 2.05) is 6.92 Å². The number of nitrogens with zero attached hydrogens (tertiary/aromatic N) is 2. The third-order valence-electron chi connectivity index (χ3n) is 3.93. The standard InChI is InChI=1S/C13H22N2O6/c1-8-4-14(5-10(7-16)21-8)13(19)15-6-9(20-2)3-11(15)12(17)18/h8-11,16H,3-7H2,1-2H3,(H,17,18). The summed E-state index contributed by atoms with van der Waals surface area (Å²) < 4.78 is 10.7. The molecule has 0 aliphatic carbocycles. The number of rotatable bonds is 3. The lowest BCUT2D eigenvalue weighted by Gasteiger charge is -2.38. The molecule has 0 radical (unpaired) electrons. The van der Waals surface area contributed by atoms with Gasteiger partial charge < -0.3 is 29.5 Å². The number of carbonyl (C=O) groups excluding carboxylic acids is 1. The molecule has 0 spiro atoms. The molecule has 0 aromatic heterocycles. The first-order valence-electron chi connectivity index (χ1n) is 7.03. The average molecular weight is 302 g/mol.